The zero-order chi connectivity index (χ0) is 26.6. The molecule has 0 saturated carbocycles. The Morgan fingerprint density at radius 1 is 0.921 bits per heavy atom. The molecule has 9 heteroatoms. The van der Waals surface area contributed by atoms with Gasteiger partial charge in [-0.05, 0) is 60.0 Å². The van der Waals surface area contributed by atoms with Gasteiger partial charge in [0.15, 0.2) is 0 Å². The van der Waals surface area contributed by atoms with E-state index in [0.29, 0.717) is 27.9 Å². The molecule has 3 aromatic carbocycles. The van der Waals surface area contributed by atoms with Crippen LogP contribution in [-0.2, 0) is 17.8 Å². The van der Waals surface area contributed by atoms with Gasteiger partial charge in [-0.15, -0.1) is 0 Å². The molecule has 0 spiro atoms. The predicted molar refractivity (Wildman–Crippen MR) is 139 cm³/mol. The monoisotopic (exact) mass is 511 g/mol. The van der Waals surface area contributed by atoms with Crippen LogP contribution in [0.4, 0.5) is 8.78 Å². The zero-order valence-electron chi connectivity index (χ0n) is 20.1. The highest BCUT2D eigenvalue weighted by Gasteiger charge is 2.22. The van der Waals surface area contributed by atoms with Crippen LogP contribution in [0.3, 0.4) is 0 Å². The Morgan fingerprint density at radius 3 is 2.50 bits per heavy atom. The number of halogens is 2. The van der Waals surface area contributed by atoms with E-state index < -0.39 is 23.6 Å². The summed E-state index contributed by atoms with van der Waals surface area (Å²) in [6, 6.07) is 20.2. The van der Waals surface area contributed by atoms with E-state index in [1.807, 2.05) is 24.3 Å². The lowest BCUT2D eigenvalue weighted by Gasteiger charge is -2.22. The van der Waals surface area contributed by atoms with Crippen molar-refractivity contribution >= 4 is 22.8 Å². The number of hydrogen-bond donors (Lipinski definition) is 2. The third-order valence-corrected chi connectivity index (χ3v) is 6.17. The number of nitrogens with one attached hydrogen (secondary N) is 1. The van der Waals surface area contributed by atoms with Gasteiger partial charge < -0.3 is 15.6 Å². The van der Waals surface area contributed by atoms with Crippen LogP contribution in [-0.4, -0.2) is 26.3 Å². The van der Waals surface area contributed by atoms with Gasteiger partial charge in [0.05, 0.1) is 29.1 Å². The SMILES string of the molecule is NC(=O)c1cccc(-c2cccnc2[C@H](Cc2cc(F)cc(F)c2)NC(=O)Cn2cnc3ccccc32)c1. The second kappa shape index (κ2) is 10.6. The first kappa shape index (κ1) is 24.8. The minimum atomic E-state index is -0.744. The molecule has 0 aliphatic carbocycles. The van der Waals surface area contributed by atoms with Crippen molar-refractivity contribution < 1.29 is 18.4 Å². The highest BCUT2D eigenvalue weighted by molar-refractivity contribution is 5.94. The number of hydrogen-bond acceptors (Lipinski definition) is 4. The number of imidazole rings is 1. The molecule has 0 saturated heterocycles. The Bertz CT molecular complexity index is 1630. The first-order valence-corrected chi connectivity index (χ1v) is 11.9. The lowest BCUT2D eigenvalue weighted by molar-refractivity contribution is -0.122. The van der Waals surface area contributed by atoms with Crippen LogP contribution in [0.15, 0.2) is 91.4 Å². The van der Waals surface area contributed by atoms with E-state index in [9.17, 15) is 18.4 Å². The number of nitrogens with two attached hydrogens (primary N) is 1. The number of rotatable bonds is 8. The van der Waals surface area contributed by atoms with Gasteiger partial charge in [0.1, 0.15) is 18.2 Å². The van der Waals surface area contributed by atoms with Gasteiger partial charge in [0.2, 0.25) is 11.8 Å². The molecule has 7 nitrogen and oxygen atoms in total. The molecular formula is C29H23F2N5O2. The summed E-state index contributed by atoms with van der Waals surface area (Å²) in [5, 5.41) is 2.98. The second-order valence-corrected chi connectivity index (χ2v) is 8.84. The van der Waals surface area contributed by atoms with Crippen LogP contribution in [0.5, 0.6) is 0 Å². The third kappa shape index (κ3) is 5.41. The molecule has 0 unspecified atom stereocenters. The molecule has 0 aliphatic rings. The fourth-order valence-corrected chi connectivity index (χ4v) is 4.49. The van der Waals surface area contributed by atoms with Crippen LogP contribution in [0.25, 0.3) is 22.2 Å². The minimum absolute atomic E-state index is 0.0200. The summed E-state index contributed by atoms with van der Waals surface area (Å²) in [6.07, 6.45) is 3.23. The van der Waals surface area contributed by atoms with Crippen molar-refractivity contribution in [2.75, 3.05) is 0 Å². The molecule has 1 atom stereocenters. The van der Waals surface area contributed by atoms with Gasteiger partial charge in [-0.3, -0.25) is 14.6 Å². The molecule has 38 heavy (non-hydrogen) atoms. The highest BCUT2D eigenvalue weighted by atomic mass is 19.1. The number of para-hydroxylation sites is 2. The molecule has 0 fully saturated rings. The number of primary amides is 1. The molecule has 5 aromatic rings. The van der Waals surface area contributed by atoms with E-state index in [1.165, 1.54) is 12.1 Å². The molecule has 2 amide bonds. The summed E-state index contributed by atoms with van der Waals surface area (Å²) in [6.45, 7) is -0.0200. The van der Waals surface area contributed by atoms with Crippen LogP contribution in [0.1, 0.15) is 27.7 Å². The maximum Gasteiger partial charge on any atom is 0.248 e. The standard InChI is InChI=1S/C29H23F2N5O2/c30-21-11-18(12-22(31)15-21)13-25(35-27(37)16-36-17-34-24-8-1-2-9-26(24)36)28-23(7-4-10-33-28)19-5-3-6-20(14-19)29(32)38/h1-12,14-15,17,25H,13,16H2,(H2,32,38)(H,35,37)/t25-/m0/s1. The van der Waals surface area contributed by atoms with E-state index in [-0.39, 0.29) is 18.9 Å². The quantitative estimate of drug-likeness (QED) is 0.318. The van der Waals surface area contributed by atoms with Crippen molar-refractivity contribution in [3.05, 3.63) is 120 Å². The second-order valence-electron chi connectivity index (χ2n) is 8.84. The lowest BCUT2D eigenvalue weighted by Crippen LogP contribution is -2.33. The fraction of sp³-hybridized carbons (Fsp3) is 0.103. The topological polar surface area (TPSA) is 103 Å². The summed E-state index contributed by atoms with van der Waals surface area (Å²) in [7, 11) is 0. The van der Waals surface area contributed by atoms with Crippen molar-refractivity contribution in [3.63, 3.8) is 0 Å². The Balaban J connectivity index is 1.51. The normalized spacial score (nSPS) is 11.8. The number of nitrogens with zero attached hydrogens (tertiary/aromatic N) is 3. The predicted octanol–water partition coefficient (Wildman–Crippen LogP) is 4.58. The molecule has 0 aliphatic heterocycles. The van der Waals surface area contributed by atoms with Crippen LogP contribution >= 0.6 is 0 Å². The molecule has 2 aromatic heterocycles. The molecule has 5 rings (SSSR count). The summed E-state index contributed by atoms with van der Waals surface area (Å²) in [4.78, 5) is 33.9. The number of aromatic nitrogens is 3. The van der Waals surface area contributed by atoms with Gasteiger partial charge in [-0.1, -0.05) is 30.3 Å². The first-order valence-electron chi connectivity index (χ1n) is 11.9. The average Bonchev–Trinajstić information content (AvgIpc) is 3.30. The third-order valence-electron chi connectivity index (χ3n) is 6.17. The summed E-state index contributed by atoms with van der Waals surface area (Å²) in [5.74, 6) is -2.35. The number of fused-ring (bicyclic) bond motifs is 1. The van der Waals surface area contributed by atoms with Gasteiger partial charge in [-0.25, -0.2) is 13.8 Å². The first-order chi connectivity index (χ1) is 18.4. The van der Waals surface area contributed by atoms with E-state index >= 15 is 0 Å². The number of amides is 2. The van der Waals surface area contributed by atoms with Gasteiger partial charge in [0.25, 0.3) is 0 Å². The van der Waals surface area contributed by atoms with Crippen molar-refractivity contribution in [2.45, 2.75) is 19.0 Å². The summed E-state index contributed by atoms with van der Waals surface area (Å²) in [5.41, 5.74) is 9.47. The molecule has 0 bridgehead atoms. The molecule has 0 radical (unpaired) electrons. The van der Waals surface area contributed by atoms with Gasteiger partial charge in [-0.2, -0.15) is 0 Å². The number of carbonyl (C=O) groups excluding carboxylic acids is 2. The van der Waals surface area contributed by atoms with Crippen molar-refractivity contribution in [1.29, 1.82) is 0 Å². The van der Waals surface area contributed by atoms with E-state index in [2.05, 4.69) is 15.3 Å². The fourth-order valence-electron chi connectivity index (χ4n) is 4.49. The summed E-state index contributed by atoms with van der Waals surface area (Å²) < 4.78 is 29.7. The van der Waals surface area contributed by atoms with Crippen molar-refractivity contribution in [2.24, 2.45) is 5.73 Å². The number of carbonyl (C=O) groups is 2. The Morgan fingerprint density at radius 2 is 1.71 bits per heavy atom. The maximum atomic E-state index is 14.0. The van der Waals surface area contributed by atoms with E-state index in [4.69, 9.17) is 5.73 Å². The molecule has 3 N–H and O–H groups in total. The molecular weight excluding hydrogens is 488 g/mol. The van der Waals surface area contributed by atoms with Crippen molar-refractivity contribution in [3.8, 4) is 11.1 Å². The van der Waals surface area contributed by atoms with Gasteiger partial charge in [0, 0.05) is 23.4 Å². The van der Waals surface area contributed by atoms with E-state index in [0.717, 1.165) is 17.1 Å². The molecule has 190 valence electrons. The Labute approximate surface area is 217 Å². The Kier molecular flexibility index (Phi) is 6.90. The smallest absolute Gasteiger partial charge is 0.248 e. The zero-order valence-corrected chi connectivity index (χ0v) is 20.1. The van der Waals surface area contributed by atoms with Crippen LogP contribution in [0.2, 0.25) is 0 Å². The average molecular weight is 512 g/mol. The maximum absolute atomic E-state index is 14.0. The minimum Gasteiger partial charge on any atom is -0.366 e. The lowest BCUT2D eigenvalue weighted by atomic mass is 9.94. The highest BCUT2D eigenvalue weighted by Crippen LogP contribution is 2.30. The number of pyridine rings is 1. The van der Waals surface area contributed by atoms with Crippen LogP contribution < -0.4 is 11.1 Å². The molecule has 2 heterocycles. The van der Waals surface area contributed by atoms with Crippen molar-refractivity contribution in [1.82, 2.24) is 19.9 Å². The Hall–Kier alpha value is -4.92. The van der Waals surface area contributed by atoms with Crippen LogP contribution in [0, 0.1) is 11.6 Å². The summed E-state index contributed by atoms with van der Waals surface area (Å²) >= 11 is 0. The van der Waals surface area contributed by atoms with Gasteiger partial charge >= 0.3 is 0 Å². The largest absolute Gasteiger partial charge is 0.366 e. The number of benzene rings is 3. The van der Waals surface area contributed by atoms with E-state index in [1.54, 1.807) is 53.5 Å².